The monoisotopic (exact) mass is 480 g/mol. The molecule has 0 bridgehead atoms. The van der Waals surface area contributed by atoms with Gasteiger partial charge in [0.25, 0.3) is 0 Å². The van der Waals surface area contributed by atoms with E-state index in [0.717, 1.165) is 19.3 Å². The van der Waals surface area contributed by atoms with Crippen LogP contribution in [0.3, 0.4) is 0 Å². The van der Waals surface area contributed by atoms with E-state index in [2.05, 4.69) is 17.6 Å². The molecule has 8 nitrogen and oxygen atoms in total. The third kappa shape index (κ3) is 8.91. The second-order valence-corrected chi connectivity index (χ2v) is 9.57. The number of rotatable bonds is 15. The van der Waals surface area contributed by atoms with Crippen LogP contribution in [0.2, 0.25) is 0 Å². The molecule has 1 aromatic carbocycles. The molecular weight excluding hydrogens is 436 g/mol. The van der Waals surface area contributed by atoms with E-state index in [9.17, 15) is 30.3 Å². The van der Waals surface area contributed by atoms with Crippen LogP contribution in [0.4, 0.5) is 0 Å². The topological polar surface area (TPSA) is 142 Å². The van der Waals surface area contributed by atoms with Crippen molar-refractivity contribution in [3.05, 3.63) is 35.9 Å². The van der Waals surface area contributed by atoms with Crippen molar-refractivity contribution in [1.29, 1.82) is 0 Å². The predicted molar refractivity (Wildman–Crippen MR) is 131 cm³/mol. The lowest BCUT2D eigenvalue weighted by molar-refractivity contribution is -0.131. The van der Waals surface area contributed by atoms with Gasteiger partial charge in [0, 0.05) is 31.5 Å². The molecule has 5 unspecified atom stereocenters. The fourth-order valence-corrected chi connectivity index (χ4v) is 4.63. The smallest absolute Gasteiger partial charge is 0.220 e. The van der Waals surface area contributed by atoms with Gasteiger partial charge in [0.05, 0.1) is 18.2 Å². The number of carbonyl (C=O) groups excluding carboxylic acids is 1. The molecule has 8 heteroatoms. The highest BCUT2D eigenvalue weighted by Gasteiger charge is 2.42. The maximum Gasteiger partial charge on any atom is 0.220 e. The van der Waals surface area contributed by atoms with E-state index in [-0.39, 0.29) is 25.5 Å². The molecule has 1 fully saturated rings. The van der Waals surface area contributed by atoms with E-state index in [0.29, 0.717) is 12.0 Å². The van der Waals surface area contributed by atoms with Crippen LogP contribution in [-0.2, 0) is 4.79 Å². The Morgan fingerprint density at radius 1 is 0.971 bits per heavy atom. The summed E-state index contributed by atoms with van der Waals surface area (Å²) in [6, 6.07) is 7.82. The third-order valence-corrected chi connectivity index (χ3v) is 6.86. The van der Waals surface area contributed by atoms with Crippen molar-refractivity contribution in [3.63, 3.8) is 0 Å². The SMILES string of the molecule is CCCCCCCCCC(=O)N[C@@H](CNC1CC(CO)C(O)C(O)C1O)[C@@H](O)c1ccccc1. The Kier molecular flexibility index (Phi) is 13.0. The molecule has 7 atom stereocenters. The molecule has 0 radical (unpaired) electrons. The first-order chi connectivity index (χ1) is 16.4. The Morgan fingerprint density at radius 3 is 2.26 bits per heavy atom. The number of hydrogen-bond donors (Lipinski definition) is 7. The Morgan fingerprint density at radius 2 is 1.62 bits per heavy atom. The molecule has 194 valence electrons. The summed E-state index contributed by atoms with van der Waals surface area (Å²) in [4.78, 5) is 12.6. The van der Waals surface area contributed by atoms with E-state index in [1.165, 1.54) is 25.7 Å². The average molecular weight is 481 g/mol. The number of aliphatic hydroxyl groups excluding tert-OH is 5. The summed E-state index contributed by atoms with van der Waals surface area (Å²) < 4.78 is 0. The lowest BCUT2D eigenvalue weighted by atomic mass is 9.79. The number of amides is 1. The summed E-state index contributed by atoms with van der Waals surface area (Å²) in [6.07, 6.45) is 3.66. The highest BCUT2D eigenvalue weighted by atomic mass is 16.4. The number of hydrogen-bond acceptors (Lipinski definition) is 7. The highest BCUT2D eigenvalue weighted by molar-refractivity contribution is 5.76. The Bertz CT molecular complexity index is 689. The van der Waals surface area contributed by atoms with Crippen molar-refractivity contribution >= 4 is 5.91 Å². The predicted octanol–water partition coefficient (Wildman–Crippen LogP) is 1.40. The summed E-state index contributed by atoms with van der Waals surface area (Å²) in [7, 11) is 0. The number of benzene rings is 1. The summed E-state index contributed by atoms with van der Waals surface area (Å²) >= 11 is 0. The summed E-state index contributed by atoms with van der Waals surface area (Å²) in [5.41, 5.74) is 0.665. The first-order valence-corrected chi connectivity index (χ1v) is 12.8. The van der Waals surface area contributed by atoms with Crippen molar-refractivity contribution in [3.8, 4) is 0 Å². The van der Waals surface area contributed by atoms with Gasteiger partial charge in [-0.05, 0) is 18.4 Å². The van der Waals surface area contributed by atoms with Gasteiger partial charge in [-0.25, -0.2) is 0 Å². The Balaban J connectivity index is 1.94. The summed E-state index contributed by atoms with van der Waals surface area (Å²) in [5, 5.41) is 57.1. The Hall–Kier alpha value is -1.55. The van der Waals surface area contributed by atoms with Gasteiger partial charge in [0.15, 0.2) is 0 Å². The van der Waals surface area contributed by atoms with Crippen molar-refractivity contribution in [2.75, 3.05) is 13.2 Å². The first kappa shape index (κ1) is 28.7. The van der Waals surface area contributed by atoms with Crippen LogP contribution in [0.5, 0.6) is 0 Å². The molecular formula is C26H44N2O6. The number of unbranched alkanes of at least 4 members (excludes halogenated alkanes) is 6. The minimum atomic E-state index is -1.38. The van der Waals surface area contributed by atoms with Gasteiger partial charge in [-0.2, -0.15) is 0 Å². The van der Waals surface area contributed by atoms with E-state index >= 15 is 0 Å². The van der Waals surface area contributed by atoms with E-state index in [4.69, 9.17) is 0 Å². The molecule has 1 aliphatic carbocycles. The molecule has 7 N–H and O–H groups in total. The Labute approximate surface area is 203 Å². The fourth-order valence-electron chi connectivity index (χ4n) is 4.63. The van der Waals surface area contributed by atoms with Crippen LogP contribution >= 0.6 is 0 Å². The van der Waals surface area contributed by atoms with Crippen LogP contribution in [0.1, 0.15) is 76.4 Å². The molecule has 0 aliphatic heterocycles. The van der Waals surface area contributed by atoms with Gasteiger partial charge in [0.1, 0.15) is 12.2 Å². The summed E-state index contributed by atoms with van der Waals surface area (Å²) in [5.74, 6) is -0.705. The van der Waals surface area contributed by atoms with Gasteiger partial charge in [-0.1, -0.05) is 75.8 Å². The van der Waals surface area contributed by atoms with Crippen molar-refractivity contribution < 1.29 is 30.3 Å². The number of carbonyl (C=O) groups is 1. The highest BCUT2D eigenvalue weighted by Crippen LogP contribution is 2.26. The molecule has 0 saturated heterocycles. The third-order valence-electron chi connectivity index (χ3n) is 6.86. The number of aliphatic hydroxyl groups is 5. The van der Waals surface area contributed by atoms with E-state index in [1.807, 2.05) is 18.2 Å². The lowest BCUT2D eigenvalue weighted by Crippen LogP contribution is -2.60. The largest absolute Gasteiger partial charge is 0.396 e. The normalized spacial score (nSPS) is 26.7. The second kappa shape index (κ2) is 15.4. The molecule has 0 aromatic heterocycles. The molecule has 1 aromatic rings. The average Bonchev–Trinajstić information content (AvgIpc) is 2.85. The molecule has 34 heavy (non-hydrogen) atoms. The maximum absolute atomic E-state index is 12.6. The quantitative estimate of drug-likeness (QED) is 0.188. The van der Waals surface area contributed by atoms with Gasteiger partial charge in [-0.3, -0.25) is 4.79 Å². The zero-order valence-electron chi connectivity index (χ0n) is 20.4. The van der Waals surface area contributed by atoms with Gasteiger partial charge in [0.2, 0.25) is 5.91 Å². The molecule has 2 rings (SSSR count). The molecule has 1 aliphatic rings. The van der Waals surface area contributed by atoms with Crippen LogP contribution in [0, 0.1) is 5.92 Å². The van der Waals surface area contributed by atoms with E-state index in [1.54, 1.807) is 12.1 Å². The van der Waals surface area contributed by atoms with Crippen molar-refractivity contribution in [2.24, 2.45) is 5.92 Å². The minimum absolute atomic E-state index is 0.136. The first-order valence-electron chi connectivity index (χ1n) is 12.8. The second-order valence-electron chi connectivity index (χ2n) is 9.57. The zero-order valence-corrected chi connectivity index (χ0v) is 20.4. The van der Waals surface area contributed by atoms with Gasteiger partial charge < -0.3 is 36.2 Å². The lowest BCUT2D eigenvalue weighted by Gasteiger charge is -2.41. The minimum Gasteiger partial charge on any atom is -0.396 e. The standard InChI is InChI=1S/C26H44N2O6/c1-2-3-4-5-6-7-11-14-22(30)28-21(23(31)18-12-9-8-10-13-18)16-27-20-15-19(17-29)24(32)26(34)25(20)33/h8-10,12-13,19-21,23-27,29,31-34H,2-7,11,14-17H2,1H3,(H,28,30)/t19?,20?,21-,23-,24?,25?,26?/m0/s1. The molecule has 1 saturated carbocycles. The van der Waals surface area contributed by atoms with Crippen LogP contribution in [0.15, 0.2) is 30.3 Å². The van der Waals surface area contributed by atoms with Gasteiger partial charge >= 0.3 is 0 Å². The maximum atomic E-state index is 12.6. The fraction of sp³-hybridized carbons (Fsp3) is 0.731. The van der Waals surface area contributed by atoms with Crippen molar-refractivity contribution in [2.45, 2.75) is 101 Å². The van der Waals surface area contributed by atoms with E-state index < -0.39 is 42.4 Å². The molecule has 0 heterocycles. The van der Waals surface area contributed by atoms with Crippen molar-refractivity contribution in [1.82, 2.24) is 10.6 Å². The van der Waals surface area contributed by atoms with Gasteiger partial charge in [-0.15, -0.1) is 0 Å². The molecule has 0 spiro atoms. The van der Waals surface area contributed by atoms with Crippen LogP contribution in [0.25, 0.3) is 0 Å². The summed E-state index contributed by atoms with van der Waals surface area (Å²) in [6.45, 7) is 2.03. The van der Waals surface area contributed by atoms with Crippen LogP contribution in [-0.4, -0.2) is 75.0 Å². The molecule has 1 amide bonds. The zero-order chi connectivity index (χ0) is 24.9. The number of nitrogens with one attached hydrogen (secondary N) is 2. The van der Waals surface area contributed by atoms with Crippen LogP contribution < -0.4 is 10.6 Å².